The first-order chi connectivity index (χ1) is 11.0. The third-order valence-corrected chi connectivity index (χ3v) is 5.80. The molecule has 1 atom stereocenters. The highest BCUT2D eigenvalue weighted by Gasteiger charge is 2.25. The minimum Gasteiger partial charge on any atom is -0.365 e. The largest absolute Gasteiger partial charge is 0.365 e. The lowest BCUT2D eigenvalue weighted by atomic mass is 9.95. The van der Waals surface area contributed by atoms with Gasteiger partial charge in [0.15, 0.2) is 0 Å². The zero-order valence-electron chi connectivity index (χ0n) is 14.2. The normalized spacial score (nSPS) is 15.0. The molecule has 0 aliphatic heterocycles. The van der Waals surface area contributed by atoms with Gasteiger partial charge in [0, 0.05) is 10.8 Å². The van der Waals surface area contributed by atoms with Crippen LogP contribution in [0.15, 0.2) is 0 Å². The van der Waals surface area contributed by atoms with Crippen molar-refractivity contribution < 1.29 is 9.59 Å². The van der Waals surface area contributed by atoms with E-state index in [0.717, 1.165) is 44.1 Å². The first kappa shape index (κ1) is 18.0. The zero-order valence-corrected chi connectivity index (χ0v) is 15.1. The molecule has 2 amide bonds. The van der Waals surface area contributed by atoms with E-state index in [1.54, 1.807) is 0 Å². The summed E-state index contributed by atoms with van der Waals surface area (Å²) >= 11 is 1.54. The molecular formula is C18H28N2O2S. The maximum absolute atomic E-state index is 12.4. The van der Waals surface area contributed by atoms with Crippen molar-refractivity contribution in [3.05, 3.63) is 16.0 Å². The number of nitrogens with one attached hydrogen (secondary N) is 1. The summed E-state index contributed by atoms with van der Waals surface area (Å²) in [5.74, 6) is -0.454. The number of carbonyl (C=O) groups is 2. The van der Waals surface area contributed by atoms with Crippen LogP contribution in [0.5, 0.6) is 0 Å². The molecule has 128 valence electrons. The molecule has 1 aromatic heterocycles. The predicted octanol–water partition coefficient (Wildman–Crippen LogP) is 4.27. The molecule has 1 aromatic rings. The highest BCUT2D eigenvalue weighted by Crippen LogP contribution is 2.38. The highest BCUT2D eigenvalue weighted by molar-refractivity contribution is 7.17. The molecule has 1 unspecified atom stereocenters. The molecule has 4 nitrogen and oxygen atoms in total. The van der Waals surface area contributed by atoms with Gasteiger partial charge in [-0.25, -0.2) is 0 Å². The van der Waals surface area contributed by atoms with Gasteiger partial charge < -0.3 is 11.1 Å². The summed E-state index contributed by atoms with van der Waals surface area (Å²) in [6, 6.07) is 0. The average molecular weight is 337 g/mol. The molecule has 2 rings (SSSR count). The van der Waals surface area contributed by atoms with Gasteiger partial charge in [0.05, 0.1) is 5.56 Å². The van der Waals surface area contributed by atoms with Crippen LogP contribution in [0.1, 0.15) is 79.6 Å². The third-order valence-electron chi connectivity index (χ3n) is 4.59. The molecule has 5 heteroatoms. The molecular weight excluding hydrogens is 308 g/mol. The zero-order chi connectivity index (χ0) is 16.8. The fourth-order valence-electron chi connectivity index (χ4n) is 3.16. The Morgan fingerprint density at radius 1 is 1.22 bits per heavy atom. The number of anilines is 1. The third kappa shape index (κ3) is 4.56. The number of rotatable bonds is 8. The molecule has 3 N–H and O–H groups in total. The summed E-state index contributed by atoms with van der Waals surface area (Å²) in [7, 11) is 0. The van der Waals surface area contributed by atoms with E-state index in [0.29, 0.717) is 10.6 Å². The number of thiophene rings is 1. The molecule has 0 spiro atoms. The van der Waals surface area contributed by atoms with Gasteiger partial charge in [0.25, 0.3) is 5.91 Å². The molecule has 0 radical (unpaired) electrons. The molecule has 0 bridgehead atoms. The van der Waals surface area contributed by atoms with E-state index in [-0.39, 0.29) is 11.8 Å². The predicted molar refractivity (Wildman–Crippen MR) is 96.0 cm³/mol. The van der Waals surface area contributed by atoms with Crippen LogP contribution in [0.4, 0.5) is 5.00 Å². The molecule has 0 saturated heterocycles. The first-order valence-corrected chi connectivity index (χ1v) is 9.61. The highest BCUT2D eigenvalue weighted by atomic mass is 32.1. The standard InChI is InChI=1S/C18H28N2O2S/c1-3-4-5-6-9-12(2)17(22)20-18-15(16(19)21)13-10-7-8-11-14(13)23-18/h12H,3-11H2,1-2H3,(H2,19,21)(H,20,22). The molecule has 23 heavy (non-hydrogen) atoms. The Kier molecular flexibility index (Phi) is 6.63. The number of nitrogens with two attached hydrogens (primary N) is 1. The van der Waals surface area contributed by atoms with Gasteiger partial charge in [-0.3, -0.25) is 9.59 Å². The van der Waals surface area contributed by atoms with Gasteiger partial charge in [0.2, 0.25) is 5.91 Å². The second-order valence-corrected chi connectivity index (χ2v) is 7.62. The van der Waals surface area contributed by atoms with Gasteiger partial charge in [-0.2, -0.15) is 0 Å². The van der Waals surface area contributed by atoms with Crippen LogP contribution in [0, 0.1) is 5.92 Å². The van der Waals surface area contributed by atoms with Gasteiger partial charge in [-0.05, 0) is 37.7 Å². The molecule has 0 fully saturated rings. The maximum atomic E-state index is 12.4. The monoisotopic (exact) mass is 336 g/mol. The molecule has 0 aromatic carbocycles. The quantitative estimate of drug-likeness (QED) is 0.696. The lowest BCUT2D eigenvalue weighted by Crippen LogP contribution is -2.22. The van der Waals surface area contributed by atoms with E-state index in [1.165, 1.54) is 35.5 Å². The van der Waals surface area contributed by atoms with Gasteiger partial charge >= 0.3 is 0 Å². The van der Waals surface area contributed by atoms with Crippen molar-refractivity contribution in [3.8, 4) is 0 Å². The number of hydrogen-bond acceptors (Lipinski definition) is 3. The van der Waals surface area contributed by atoms with Crippen LogP contribution < -0.4 is 11.1 Å². The van der Waals surface area contributed by atoms with E-state index in [1.807, 2.05) is 6.92 Å². The Morgan fingerprint density at radius 3 is 2.65 bits per heavy atom. The molecule has 1 aliphatic carbocycles. The summed E-state index contributed by atoms with van der Waals surface area (Å²) in [6.07, 6.45) is 9.68. The summed E-state index contributed by atoms with van der Waals surface area (Å²) in [4.78, 5) is 25.5. The van der Waals surface area contributed by atoms with Crippen LogP contribution in [0.2, 0.25) is 0 Å². The Balaban J connectivity index is 2.03. The fourth-order valence-corrected chi connectivity index (χ4v) is 4.46. The summed E-state index contributed by atoms with van der Waals surface area (Å²) in [5.41, 5.74) is 7.19. The van der Waals surface area contributed by atoms with Gasteiger partial charge in [0.1, 0.15) is 5.00 Å². The minimum absolute atomic E-state index is 0.00240. The number of hydrogen-bond donors (Lipinski definition) is 2. The van der Waals surface area contributed by atoms with Crippen LogP contribution >= 0.6 is 11.3 Å². The van der Waals surface area contributed by atoms with Crippen molar-refractivity contribution in [2.24, 2.45) is 11.7 Å². The van der Waals surface area contributed by atoms with Crippen LogP contribution in [-0.4, -0.2) is 11.8 Å². The number of amides is 2. The van der Waals surface area contributed by atoms with Crippen molar-refractivity contribution in [2.75, 3.05) is 5.32 Å². The van der Waals surface area contributed by atoms with E-state index < -0.39 is 5.91 Å². The second-order valence-electron chi connectivity index (χ2n) is 6.52. The van der Waals surface area contributed by atoms with Crippen molar-refractivity contribution in [3.63, 3.8) is 0 Å². The first-order valence-electron chi connectivity index (χ1n) is 8.79. The van der Waals surface area contributed by atoms with Crippen LogP contribution in [-0.2, 0) is 17.6 Å². The smallest absolute Gasteiger partial charge is 0.251 e. The summed E-state index contributed by atoms with van der Waals surface area (Å²) in [6.45, 7) is 4.14. The maximum Gasteiger partial charge on any atom is 0.251 e. The van der Waals surface area contributed by atoms with Gasteiger partial charge in [-0.1, -0.05) is 39.5 Å². The number of aryl methyl sites for hydroxylation is 1. The number of unbranched alkanes of at least 4 members (excludes halogenated alkanes) is 3. The second kappa shape index (κ2) is 8.48. The Morgan fingerprint density at radius 2 is 1.96 bits per heavy atom. The summed E-state index contributed by atoms with van der Waals surface area (Å²) < 4.78 is 0. The van der Waals surface area contributed by atoms with Crippen LogP contribution in [0.3, 0.4) is 0 Å². The lowest BCUT2D eigenvalue weighted by molar-refractivity contribution is -0.119. The molecule has 1 heterocycles. The van der Waals surface area contributed by atoms with Crippen molar-refractivity contribution >= 4 is 28.2 Å². The average Bonchev–Trinajstić information content (AvgIpc) is 2.89. The molecule has 0 saturated carbocycles. The Hall–Kier alpha value is -1.36. The van der Waals surface area contributed by atoms with Crippen molar-refractivity contribution in [2.45, 2.75) is 71.6 Å². The van der Waals surface area contributed by atoms with E-state index in [2.05, 4.69) is 12.2 Å². The van der Waals surface area contributed by atoms with Crippen molar-refractivity contribution in [1.29, 1.82) is 0 Å². The Bertz CT molecular complexity index is 566. The topological polar surface area (TPSA) is 72.2 Å². The minimum atomic E-state index is -0.421. The van der Waals surface area contributed by atoms with Crippen molar-refractivity contribution in [1.82, 2.24) is 0 Å². The number of fused-ring (bicyclic) bond motifs is 1. The lowest BCUT2D eigenvalue weighted by Gasteiger charge is -2.12. The number of carbonyl (C=O) groups excluding carboxylic acids is 2. The number of primary amides is 1. The fraction of sp³-hybridized carbons (Fsp3) is 0.667. The Labute approximate surface area is 142 Å². The van der Waals surface area contributed by atoms with Crippen LogP contribution in [0.25, 0.3) is 0 Å². The van der Waals surface area contributed by atoms with E-state index in [9.17, 15) is 9.59 Å². The summed E-state index contributed by atoms with van der Waals surface area (Å²) in [5, 5.41) is 3.63. The van der Waals surface area contributed by atoms with E-state index >= 15 is 0 Å². The van der Waals surface area contributed by atoms with E-state index in [4.69, 9.17) is 5.73 Å². The van der Waals surface area contributed by atoms with Gasteiger partial charge in [-0.15, -0.1) is 11.3 Å². The molecule has 1 aliphatic rings. The SMILES string of the molecule is CCCCCCC(C)C(=O)Nc1sc2c(c1C(N)=O)CCCC2.